The van der Waals surface area contributed by atoms with Crippen LogP contribution in [0.2, 0.25) is 0 Å². The molecular formula is C12H14N2O. The molecule has 1 aromatic rings. The highest BCUT2D eigenvalue weighted by Gasteiger charge is 2.58. The van der Waals surface area contributed by atoms with E-state index in [1.54, 1.807) is 0 Å². The van der Waals surface area contributed by atoms with Crippen LogP contribution in [0.25, 0.3) is 0 Å². The predicted octanol–water partition coefficient (Wildman–Crippen LogP) is 0.854. The molecule has 1 saturated carbocycles. The molecule has 0 spiro atoms. The number of benzene rings is 1. The van der Waals surface area contributed by atoms with Gasteiger partial charge < -0.3 is 10.6 Å². The topological polar surface area (TPSA) is 46.3 Å². The Bertz CT molecular complexity index is 378. The van der Waals surface area contributed by atoms with E-state index in [-0.39, 0.29) is 11.8 Å². The number of rotatable bonds is 2. The normalized spacial score (nSPS) is 32.5. The second-order valence-electron chi connectivity index (χ2n) is 4.50. The largest absolute Gasteiger partial charge is 0.371 e. The van der Waals surface area contributed by atoms with Gasteiger partial charge in [0.1, 0.15) is 0 Å². The van der Waals surface area contributed by atoms with Crippen LogP contribution in [-0.2, 0) is 4.79 Å². The van der Waals surface area contributed by atoms with E-state index in [9.17, 15) is 4.79 Å². The number of amides is 1. The minimum absolute atomic E-state index is 0.113. The van der Waals surface area contributed by atoms with E-state index in [0.717, 1.165) is 13.1 Å². The van der Waals surface area contributed by atoms with Gasteiger partial charge in [-0.25, -0.2) is 0 Å². The molecule has 1 unspecified atom stereocenters. The van der Waals surface area contributed by atoms with Crippen molar-refractivity contribution in [2.24, 2.45) is 23.5 Å². The zero-order chi connectivity index (χ0) is 10.4. The number of nitrogens with two attached hydrogens (primary N) is 1. The van der Waals surface area contributed by atoms with Gasteiger partial charge in [-0.2, -0.15) is 0 Å². The van der Waals surface area contributed by atoms with E-state index >= 15 is 0 Å². The lowest BCUT2D eigenvalue weighted by Crippen LogP contribution is -2.28. The Morgan fingerprint density at radius 2 is 1.80 bits per heavy atom. The number of carbonyl (C=O) groups is 1. The van der Waals surface area contributed by atoms with Gasteiger partial charge in [-0.15, -0.1) is 0 Å². The molecule has 3 rings (SSSR count). The highest BCUT2D eigenvalue weighted by atomic mass is 16.1. The third kappa shape index (κ3) is 1.30. The molecule has 0 bridgehead atoms. The fourth-order valence-corrected chi connectivity index (χ4v) is 2.80. The average Bonchev–Trinajstić information content (AvgIpc) is 2.77. The van der Waals surface area contributed by atoms with Gasteiger partial charge in [-0.05, 0) is 24.0 Å². The Labute approximate surface area is 88.9 Å². The molecular weight excluding hydrogens is 188 g/mol. The van der Waals surface area contributed by atoms with Crippen molar-refractivity contribution in [1.29, 1.82) is 0 Å². The Morgan fingerprint density at radius 3 is 2.33 bits per heavy atom. The van der Waals surface area contributed by atoms with Crippen LogP contribution in [0.1, 0.15) is 0 Å². The zero-order valence-corrected chi connectivity index (χ0v) is 8.47. The first kappa shape index (κ1) is 8.77. The van der Waals surface area contributed by atoms with Crippen molar-refractivity contribution in [1.82, 2.24) is 0 Å². The van der Waals surface area contributed by atoms with Gasteiger partial charge in [-0.1, -0.05) is 18.2 Å². The van der Waals surface area contributed by atoms with E-state index < -0.39 is 0 Å². The molecule has 1 aliphatic carbocycles. The molecule has 2 fully saturated rings. The Kier molecular flexibility index (Phi) is 1.75. The molecule has 15 heavy (non-hydrogen) atoms. The summed E-state index contributed by atoms with van der Waals surface area (Å²) in [5.41, 5.74) is 6.57. The Balaban J connectivity index is 1.70. The number of hydrogen-bond donors (Lipinski definition) is 1. The maximum Gasteiger partial charge on any atom is 0.221 e. The fourth-order valence-electron chi connectivity index (χ4n) is 2.80. The molecule has 3 nitrogen and oxygen atoms in total. The number of para-hydroxylation sites is 1. The Morgan fingerprint density at radius 1 is 1.20 bits per heavy atom. The zero-order valence-electron chi connectivity index (χ0n) is 8.47. The van der Waals surface area contributed by atoms with Crippen molar-refractivity contribution >= 4 is 11.6 Å². The summed E-state index contributed by atoms with van der Waals surface area (Å²) >= 11 is 0. The highest BCUT2D eigenvalue weighted by molar-refractivity contribution is 5.81. The maximum absolute atomic E-state index is 11.0. The van der Waals surface area contributed by atoms with Crippen molar-refractivity contribution in [3.8, 4) is 0 Å². The van der Waals surface area contributed by atoms with Crippen LogP contribution in [0.3, 0.4) is 0 Å². The third-order valence-corrected chi connectivity index (χ3v) is 3.64. The lowest BCUT2D eigenvalue weighted by atomic mass is 10.2. The first-order chi connectivity index (χ1) is 7.27. The molecule has 3 heteroatoms. The van der Waals surface area contributed by atoms with Gasteiger partial charge in [-0.3, -0.25) is 4.79 Å². The van der Waals surface area contributed by atoms with Gasteiger partial charge in [0.2, 0.25) is 5.91 Å². The highest BCUT2D eigenvalue weighted by Crippen LogP contribution is 2.52. The molecule has 1 amide bonds. The number of fused-ring (bicyclic) bond motifs is 1. The SMILES string of the molecule is NC(=O)C1[C@H]2CN(c3ccccc3)C[C@@H]12. The van der Waals surface area contributed by atoms with Crippen LogP contribution in [0.15, 0.2) is 30.3 Å². The van der Waals surface area contributed by atoms with Gasteiger partial charge >= 0.3 is 0 Å². The number of hydrogen-bond acceptors (Lipinski definition) is 2. The summed E-state index contributed by atoms with van der Waals surface area (Å²) in [7, 11) is 0. The standard InChI is InChI=1S/C12H14N2O/c13-12(15)11-9-6-14(7-10(9)11)8-4-2-1-3-5-8/h1-5,9-11H,6-7H2,(H2,13,15)/t9-,10+,11?. The average molecular weight is 202 g/mol. The van der Waals surface area contributed by atoms with Crippen molar-refractivity contribution in [3.05, 3.63) is 30.3 Å². The van der Waals surface area contributed by atoms with Gasteiger partial charge in [0.05, 0.1) is 0 Å². The minimum atomic E-state index is -0.113. The second kappa shape index (κ2) is 2.99. The van der Waals surface area contributed by atoms with Crippen LogP contribution in [-0.4, -0.2) is 19.0 Å². The summed E-state index contributed by atoms with van der Waals surface area (Å²) in [4.78, 5) is 13.4. The van der Waals surface area contributed by atoms with Gasteiger partial charge in [0.25, 0.3) is 0 Å². The summed E-state index contributed by atoms with van der Waals surface area (Å²) in [6.45, 7) is 1.98. The summed E-state index contributed by atoms with van der Waals surface area (Å²) in [6.07, 6.45) is 0. The monoisotopic (exact) mass is 202 g/mol. The van der Waals surface area contributed by atoms with Crippen molar-refractivity contribution in [2.45, 2.75) is 0 Å². The number of primary amides is 1. The van der Waals surface area contributed by atoms with Crippen molar-refractivity contribution in [3.63, 3.8) is 0 Å². The van der Waals surface area contributed by atoms with E-state index in [1.807, 2.05) is 18.2 Å². The van der Waals surface area contributed by atoms with Gasteiger partial charge in [0, 0.05) is 24.7 Å². The molecule has 0 radical (unpaired) electrons. The number of piperidine rings is 1. The molecule has 3 atom stereocenters. The maximum atomic E-state index is 11.0. The van der Waals surface area contributed by atoms with Crippen molar-refractivity contribution < 1.29 is 4.79 Å². The molecule has 2 N–H and O–H groups in total. The first-order valence-electron chi connectivity index (χ1n) is 5.36. The first-order valence-corrected chi connectivity index (χ1v) is 5.36. The lowest BCUT2D eigenvalue weighted by molar-refractivity contribution is -0.119. The van der Waals surface area contributed by atoms with Crippen LogP contribution in [0.5, 0.6) is 0 Å². The van der Waals surface area contributed by atoms with Crippen molar-refractivity contribution in [2.75, 3.05) is 18.0 Å². The fraction of sp³-hybridized carbons (Fsp3) is 0.417. The minimum Gasteiger partial charge on any atom is -0.371 e. The molecule has 0 aromatic heterocycles. The molecule has 1 heterocycles. The van der Waals surface area contributed by atoms with E-state index in [1.165, 1.54) is 5.69 Å². The smallest absolute Gasteiger partial charge is 0.221 e. The molecule has 78 valence electrons. The van der Waals surface area contributed by atoms with Crippen LogP contribution < -0.4 is 10.6 Å². The molecule has 1 aliphatic heterocycles. The van der Waals surface area contributed by atoms with E-state index in [0.29, 0.717) is 11.8 Å². The quantitative estimate of drug-likeness (QED) is 0.773. The molecule has 1 aromatic carbocycles. The third-order valence-electron chi connectivity index (χ3n) is 3.64. The summed E-state index contributed by atoms with van der Waals surface area (Å²) in [5, 5.41) is 0. The summed E-state index contributed by atoms with van der Waals surface area (Å²) in [6, 6.07) is 10.3. The summed E-state index contributed by atoms with van der Waals surface area (Å²) < 4.78 is 0. The number of nitrogens with zero attached hydrogens (tertiary/aromatic N) is 1. The van der Waals surface area contributed by atoms with Crippen LogP contribution >= 0.6 is 0 Å². The van der Waals surface area contributed by atoms with Gasteiger partial charge in [0.15, 0.2) is 0 Å². The van der Waals surface area contributed by atoms with Crippen LogP contribution in [0, 0.1) is 17.8 Å². The number of carbonyl (C=O) groups excluding carboxylic acids is 1. The molecule has 2 aliphatic rings. The van der Waals surface area contributed by atoms with E-state index in [2.05, 4.69) is 17.0 Å². The number of anilines is 1. The molecule has 1 saturated heterocycles. The lowest BCUT2D eigenvalue weighted by Gasteiger charge is -2.21. The predicted molar refractivity (Wildman–Crippen MR) is 58.3 cm³/mol. The summed E-state index contributed by atoms with van der Waals surface area (Å²) in [5.74, 6) is 1.08. The Hall–Kier alpha value is -1.51. The van der Waals surface area contributed by atoms with Crippen LogP contribution in [0.4, 0.5) is 5.69 Å². The van der Waals surface area contributed by atoms with E-state index in [4.69, 9.17) is 5.73 Å². The second-order valence-corrected chi connectivity index (χ2v) is 4.50.